The molecule has 0 amide bonds. The molecule has 4 aliphatic rings. The number of pyridine rings is 2. The Bertz CT molecular complexity index is 1870. The van der Waals surface area contributed by atoms with E-state index in [9.17, 15) is 0 Å². The van der Waals surface area contributed by atoms with Gasteiger partial charge in [0.2, 0.25) is 0 Å². The minimum atomic E-state index is -0.0376. The first-order valence-corrected chi connectivity index (χ1v) is 22.1. The van der Waals surface area contributed by atoms with Gasteiger partial charge in [-0.05, 0) is 102 Å². The van der Waals surface area contributed by atoms with E-state index in [-0.39, 0.29) is 23.7 Å². The molecule has 2 saturated heterocycles. The Hall–Kier alpha value is -1.48. The second-order valence-electron chi connectivity index (χ2n) is 14.5. The highest BCUT2D eigenvalue weighted by Crippen LogP contribution is 2.42. The van der Waals surface area contributed by atoms with E-state index in [0.29, 0.717) is 6.61 Å². The Morgan fingerprint density at radius 3 is 1.89 bits per heavy atom. The van der Waals surface area contributed by atoms with Gasteiger partial charge in [-0.15, -0.1) is 22.7 Å². The van der Waals surface area contributed by atoms with Crippen LogP contribution in [0.1, 0.15) is 76.0 Å². The van der Waals surface area contributed by atoms with Crippen LogP contribution in [0, 0.1) is 0 Å². The van der Waals surface area contributed by atoms with Gasteiger partial charge >= 0.3 is 0 Å². The van der Waals surface area contributed by atoms with E-state index in [1.54, 1.807) is 35.1 Å². The molecular formula is C40H51BrCl2N4O4S2. The average molecular weight is 867 g/mol. The van der Waals surface area contributed by atoms with Crippen molar-refractivity contribution < 1.29 is 18.9 Å². The third-order valence-corrected chi connectivity index (χ3v) is 13.2. The van der Waals surface area contributed by atoms with E-state index in [0.717, 1.165) is 94.5 Å². The van der Waals surface area contributed by atoms with Crippen LogP contribution in [0.2, 0.25) is 10.0 Å². The van der Waals surface area contributed by atoms with E-state index in [2.05, 4.69) is 88.1 Å². The molecule has 8 rings (SSSR count). The van der Waals surface area contributed by atoms with E-state index in [1.807, 2.05) is 12.1 Å². The SMILES string of the molecule is BrCCOC1CCCCO1.CC1(C)C(c2cc3c(Cl)ccnc3s2)=CCN1CCOC1CCCCO1.CC1(C)NCC=C1c1cc2c(Cl)ccnc2s1. The highest BCUT2D eigenvalue weighted by atomic mass is 79.9. The van der Waals surface area contributed by atoms with Gasteiger partial charge in [0, 0.05) is 82.2 Å². The predicted octanol–water partition coefficient (Wildman–Crippen LogP) is 10.6. The summed E-state index contributed by atoms with van der Waals surface area (Å²) < 4.78 is 22.3. The van der Waals surface area contributed by atoms with Crippen molar-refractivity contribution >= 4 is 93.4 Å². The highest BCUT2D eigenvalue weighted by molar-refractivity contribution is 9.09. The van der Waals surface area contributed by atoms with E-state index >= 15 is 0 Å². The summed E-state index contributed by atoms with van der Waals surface area (Å²) in [7, 11) is 0. The molecule has 13 heteroatoms. The quantitative estimate of drug-likeness (QED) is 0.167. The van der Waals surface area contributed by atoms with Gasteiger partial charge in [0.1, 0.15) is 9.66 Å². The van der Waals surface area contributed by atoms with E-state index < -0.39 is 0 Å². The van der Waals surface area contributed by atoms with Crippen molar-refractivity contribution in [2.45, 2.75) is 89.9 Å². The number of hydrogen-bond acceptors (Lipinski definition) is 10. The number of halogens is 3. The lowest BCUT2D eigenvalue weighted by molar-refractivity contribution is -0.164. The average Bonchev–Trinajstić information content (AvgIpc) is 3.93. The molecule has 4 aromatic heterocycles. The summed E-state index contributed by atoms with van der Waals surface area (Å²) in [6.45, 7) is 14.9. The molecule has 2 unspecified atom stereocenters. The van der Waals surface area contributed by atoms with Gasteiger partial charge in [0.25, 0.3) is 0 Å². The van der Waals surface area contributed by atoms with Crippen molar-refractivity contribution in [3.8, 4) is 0 Å². The molecule has 0 aliphatic carbocycles. The molecule has 8 heterocycles. The summed E-state index contributed by atoms with van der Waals surface area (Å²) in [4.78, 5) is 15.8. The first kappa shape index (κ1) is 41.2. The summed E-state index contributed by atoms with van der Waals surface area (Å²) in [5.74, 6) is 0. The number of rotatable bonds is 9. The third kappa shape index (κ3) is 10.5. The van der Waals surface area contributed by atoms with Crippen LogP contribution in [0.3, 0.4) is 0 Å². The molecule has 1 N–H and O–H groups in total. The number of fused-ring (bicyclic) bond motifs is 2. The Morgan fingerprint density at radius 1 is 0.830 bits per heavy atom. The smallest absolute Gasteiger partial charge is 0.157 e. The molecule has 0 spiro atoms. The molecule has 2 fully saturated rings. The first-order valence-electron chi connectivity index (χ1n) is 18.6. The number of nitrogens with one attached hydrogen (secondary N) is 1. The molecule has 2 atom stereocenters. The molecular weight excluding hydrogens is 815 g/mol. The Labute approximate surface area is 340 Å². The zero-order valence-electron chi connectivity index (χ0n) is 31.1. The summed E-state index contributed by atoms with van der Waals surface area (Å²) in [5.41, 5.74) is 2.69. The first-order chi connectivity index (χ1) is 25.6. The molecule has 0 saturated carbocycles. The van der Waals surface area contributed by atoms with Gasteiger partial charge in [-0.2, -0.15) is 0 Å². The van der Waals surface area contributed by atoms with Crippen molar-refractivity contribution in [1.29, 1.82) is 0 Å². The molecule has 0 aromatic carbocycles. The lowest BCUT2D eigenvalue weighted by atomic mass is 9.94. The lowest BCUT2D eigenvalue weighted by Crippen LogP contribution is -2.42. The maximum absolute atomic E-state index is 6.33. The molecule has 0 radical (unpaired) electrons. The molecule has 4 aliphatic heterocycles. The second kappa shape index (κ2) is 19.1. The lowest BCUT2D eigenvalue weighted by Gasteiger charge is -2.35. The van der Waals surface area contributed by atoms with Crippen molar-refractivity contribution in [3.63, 3.8) is 0 Å². The van der Waals surface area contributed by atoms with Crippen LogP contribution in [-0.4, -0.2) is 89.9 Å². The van der Waals surface area contributed by atoms with Crippen LogP contribution in [0.5, 0.6) is 0 Å². The van der Waals surface area contributed by atoms with Gasteiger partial charge in [0.05, 0.1) is 23.3 Å². The van der Waals surface area contributed by atoms with Crippen LogP contribution < -0.4 is 5.32 Å². The number of hydrogen-bond donors (Lipinski definition) is 1. The molecule has 53 heavy (non-hydrogen) atoms. The van der Waals surface area contributed by atoms with Crippen molar-refractivity contribution in [3.05, 3.63) is 68.6 Å². The third-order valence-electron chi connectivity index (χ3n) is 10.1. The fourth-order valence-electron chi connectivity index (χ4n) is 7.03. The fraction of sp³-hybridized carbons (Fsp3) is 0.550. The Morgan fingerprint density at radius 2 is 1.40 bits per heavy atom. The van der Waals surface area contributed by atoms with E-state index in [1.165, 1.54) is 40.2 Å². The largest absolute Gasteiger partial charge is 0.353 e. The van der Waals surface area contributed by atoms with Crippen LogP contribution >= 0.6 is 61.8 Å². The van der Waals surface area contributed by atoms with Gasteiger partial charge in [0.15, 0.2) is 12.6 Å². The second-order valence-corrected chi connectivity index (χ2v) is 18.2. The van der Waals surface area contributed by atoms with Crippen LogP contribution in [0.15, 0.2) is 48.8 Å². The highest BCUT2D eigenvalue weighted by Gasteiger charge is 2.36. The van der Waals surface area contributed by atoms with Gasteiger partial charge in [-0.3, -0.25) is 4.90 Å². The minimum Gasteiger partial charge on any atom is -0.353 e. The number of alkyl halides is 1. The maximum atomic E-state index is 6.33. The zero-order chi connectivity index (χ0) is 37.4. The van der Waals surface area contributed by atoms with Crippen LogP contribution in [-0.2, 0) is 18.9 Å². The summed E-state index contributed by atoms with van der Waals surface area (Å²) in [5, 5.41) is 8.01. The summed E-state index contributed by atoms with van der Waals surface area (Å²) in [6.07, 6.45) is 15.0. The topological polar surface area (TPSA) is 78.0 Å². The van der Waals surface area contributed by atoms with Crippen molar-refractivity contribution in [2.75, 3.05) is 51.4 Å². The summed E-state index contributed by atoms with van der Waals surface area (Å²) in [6, 6.07) is 8.02. The van der Waals surface area contributed by atoms with Crippen LogP contribution in [0.25, 0.3) is 31.6 Å². The van der Waals surface area contributed by atoms with Gasteiger partial charge in [-0.1, -0.05) is 51.3 Å². The Balaban J connectivity index is 0.000000152. The standard InChI is InChI=1S/C20H25ClN2O2S.C13H13ClN2S.C7H13BrO2/c1-20(2)15(17-13-14-16(21)6-8-22-19(14)26-17)7-9-23(20)10-12-25-18-5-3-4-11-24-18;1-13(2)9(3-6-16-13)11-7-8-10(14)4-5-15-12(8)17-11;8-4-6-10-7-3-1-2-5-9-7/h6-8,13,18H,3-5,9-12H2,1-2H3;3-5,7,16H,6H2,1-2H3;7H,1-6H2. The van der Waals surface area contributed by atoms with Crippen molar-refractivity contribution in [1.82, 2.24) is 20.2 Å². The van der Waals surface area contributed by atoms with Crippen LogP contribution in [0.4, 0.5) is 0 Å². The van der Waals surface area contributed by atoms with Gasteiger partial charge in [-0.25, -0.2) is 9.97 Å². The number of aromatic nitrogens is 2. The van der Waals surface area contributed by atoms with E-state index in [4.69, 9.17) is 42.1 Å². The van der Waals surface area contributed by atoms with Gasteiger partial charge < -0.3 is 24.3 Å². The Kier molecular flexibility index (Phi) is 14.8. The fourth-order valence-corrected chi connectivity index (χ4v) is 10.2. The summed E-state index contributed by atoms with van der Waals surface area (Å²) >= 11 is 19.2. The zero-order valence-corrected chi connectivity index (χ0v) is 35.8. The molecule has 288 valence electrons. The minimum absolute atomic E-state index is 0.0160. The number of ether oxygens (including phenoxy) is 4. The predicted molar refractivity (Wildman–Crippen MR) is 226 cm³/mol. The maximum Gasteiger partial charge on any atom is 0.157 e. The molecule has 4 aromatic rings. The number of thiophene rings is 2. The molecule has 8 nitrogen and oxygen atoms in total. The molecule has 0 bridgehead atoms. The van der Waals surface area contributed by atoms with Crippen molar-refractivity contribution in [2.24, 2.45) is 0 Å². The number of nitrogens with zero attached hydrogens (tertiary/aromatic N) is 3. The normalized spacial score (nSPS) is 22.5. The monoisotopic (exact) mass is 864 g/mol.